The lowest BCUT2D eigenvalue weighted by Gasteiger charge is -2.20. The fourth-order valence-electron chi connectivity index (χ4n) is 3.05. The number of nitrogens with one attached hydrogen (secondary N) is 1. The molecule has 0 fully saturated rings. The molecule has 27 heavy (non-hydrogen) atoms. The van der Waals surface area contributed by atoms with E-state index >= 15 is 0 Å². The quantitative estimate of drug-likeness (QED) is 0.720. The van der Waals surface area contributed by atoms with Gasteiger partial charge in [0.05, 0.1) is 13.0 Å². The lowest BCUT2D eigenvalue weighted by molar-refractivity contribution is -0.145. The van der Waals surface area contributed by atoms with Gasteiger partial charge in [-0.2, -0.15) is 0 Å². The van der Waals surface area contributed by atoms with Crippen LogP contribution >= 0.6 is 0 Å². The van der Waals surface area contributed by atoms with E-state index in [-0.39, 0.29) is 11.8 Å². The van der Waals surface area contributed by atoms with Gasteiger partial charge in [-0.1, -0.05) is 68.4 Å². The Balaban J connectivity index is 2.05. The highest BCUT2D eigenvalue weighted by molar-refractivity contribution is 5.88. The van der Waals surface area contributed by atoms with Crippen molar-refractivity contribution in [2.24, 2.45) is 5.92 Å². The van der Waals surface area contributed by atoms with Crippen molar-refractivity contribution in [3.05, 3.63) is 71.3 Å². The first-order valence-corrected chi connectivity index (χ1v) is 9.41. The van der Waals surface area contributed by atoms with Crippen LogP contribution in [0.15, 0.2) is 54.6 Å². The van der Waals surface area contributed by atoms with Crippen LogP contribution in [0.5, 0.6) is 0 Å². The minimum atomic E-state index is -0.701. The fourth-order valence-corrected chi connectivity index (χ4v) is 3.05. The Labute approximate surface area is 161 Å². The molecular formula is C23H29NO3. The third kappa shape index (κ3) is 6.24. The molecule has 0 aromatic heterocycles. The molecule has 0 aliphatic carbocycles. The molecule has 0 radical (unpaired) electrons. The Kier molecular flexibility index (Phi) is 7.59. The van der Waals surface area contributed by atoms with E-state index < -0.39 is 12.0 Å². The molecule has 0 bridgehead atoms. The highest BCUT2D eigenvalue weighted by atomic mass is 16.5. The third-order valence-electron chi connectivity index (χ3n) is 4.60. The molecule has 1 N–H and O–H groups in total. The molecule has 4 nitrogen and oxygen atoms in total. The first-order valence-electron chi connectivity index (χ1n) is 9.41. The zero-order valence-electron chi connectivity index (χ0n) is 16.6. The number of hydrogen-bond acceptors (Lipinski definition) is 3. The molecule has 1 unspecified atom stereocenters. The van der Waals surface area contributed by atoms with Crippen molar-refractivity contribution >= 4 is 11.9 Å². The maximum absolute atomic E-state index is 12.7. The van der Waals surface area contributed by atoms with E-state index in [0.29, 0.717) is 12.3 Å². The Hall–Kier alpha value is -2.62. The van der Waals surface area contributed by atoms with Crippen LogP contribution in [0.4, 0.5) is 0 Å². The minimum Gasteiger partial charge on any atom is -0.467 e. The van der Waals surface area contributed by atoms with Crippen LogP contribution in [0, 0.1) is 5.92 Å². The van der Waals surface area contributed by atoms with Gasteiger partial charge in [-0.3, -0.25) is 4.79 Å². The average molecular weight is 367 g/mol. The number of amides is 1. The summed E-state index contributed by atoms with van der Waals surface area (Å²) in [5.74, 6) is -0.374. The zero-order chi connectivity index (χ0) is 19.8. The molecule has 144 valence electrons. The molecule has 0 aliphatic rings. The number of esters is 1. The van der Waals surface area contributed by atoms with Gasteiger partial charge in [-0.25, -0.2) is 4.79 Å². The second-order valence-corrected chi connectivity index (χ2v) is 7.34. The monoisotopic (exact) mass is 367 g/mol. The van der Waals surface area contributed by atoms with Crippen LogP contribution in [0.2, 0.25) is 0 Å². The summed E-state index contributed by atoms with van der Waals surface area (Å²) < 4.78 is 4.87. The number of benzene rings is 2. The molecule has 2 atom stereocenters. The second-order valence-electron chi connectivity index (χ2n) is 7.34. The summed E-state index contributed by atoms with van der Waals surface area (Å²) in [6.45, 7) is 6.22. The number of ether oxygens (including phenoxy) is 1. The number of carbonyl (C=O) groups excluding carboxylic acids is 2. The summed E-state index contributed by atoms with van der Waals surface area (Å²) in [7, 11) is 1.34. The van der Waals surface area contributed by atoms with Crippen molar-refractivity contribution in [3.63, 3.8) is 0 Å². The number of hydrogen-bond donors (Lipinski definition) is 1. The van der Waals surface area contributed by atoms with Crippen molar-refractivity contribution in [1.82, 2.24) is 5.32 Å². The van der Waals surface area contributed by atoms with Crippen molar-refractivity contribution in [1.29, 1.82) is 0 Å². The lowest BCUT2D eigenvalue weighted by Crippen LogP contribution is -2.44. The normalized spacial score (nSPS) is 13.1. The summed E-state index contributed by atoms with van der Waals surface area (Å²) in [5, 5.41) is 2.85. The van der Waals surface area contributed by atoms with Crippen LogP contribution in [0.25, 0.3) is 0 Å². The van der Waals surface area contributed by atoms with Gasteiger partial charge in [0.2, 0.25) is 5.91 Å². The molecule has 0 saturated carbocycles. The van der Waals surface area contributed by atoms with Crippen molar-refractivity contribution < 1.29 is 14.3 Å². The van der Waals surface area contributed by atoms with Gasteiger partial charge in [0.25, 0.3) is 0 Å². The standard InChI is InChI=1S/C23H29NO3/c1-16(2)14-19-10-12-20(13-11-19)17(3)22(25)24-21(23(26)27-4)15-18-8-6-5-7-9-18/h5-13,16-17,21H,14-15H2,1-4H3,(H,24,25)/t17-,21?/m0/s1. The second kappa shape index (κ2) is 9.91. The largest absolute Gasteiger partial charge is 0.467 e. The summed E-state index contributed by atoms with van der Waals surface area (Å²) in [6, 6.07) is 17.0. The van der Waals surface area contributed by atoms with Crippen LogP contribution in [-0.2, 0) is 27.2 Å². The van der Waals surface area contributed by atoms with Gasteiger partial charge in [-0.05, 0) is 36.0 Å². The van der Waals surface area contributed by atoms with E-state index in [0.717, 1.165) is 17.5 Å². The first kappa shape index (κ1) is 20.7. The molecule has 0 saturated heterocycles. The van der Waals surface area contributed by atoms with Crippen LogP contribution in [0.1, 0.15) is 43.4 Å². The Morgan fingerprint density at radius 2 is 1.48 bits per heavy atom. The fraction of sp³-hybridized carbons (Fsp3) is 0.391. The highest BCUT2D eigenvalue weighted by Gasteiger charge is 2.25. The topological polar surface area (TPSA) is 55.4 Å². The SMILES string of the molecule is COC(=O)C(Cc1ccccc1)NC(=O)[C@@H](C)c1ccc(CC(C)C)cc1. The summed E-state index contributed by atoms with van der Waals surface area (Å²) in [5.41, 5.74) is 3.17. The van der Waals surface area contributed by atoms with Crippen LogP contribution in [-0.4, -0.2) is 25.0 Å². The maximum Gasteiger partial charge on any atom is 0.328 e. The Bertz CT molecular complexity index is 738. The summed E-state index contributed by atoms with van der Waals surface area (Å²) >= 11 is 0. The molecular weight excluding hydrogens is 338 g/mol. The molecule has 0 heterocycles. The Morgan fingerprint density at radius 1 is 0.889 bits per heavy atom. The van der Waals surface area contributed by atoms with E-state index in [1.807, 2.05) is 49.4 Å². The van der Waals surface area contributed by atoms with E-state index in [4.69, 9.17) is 4.74 Å². The molecule has 0 aliphatic heterocycles. The van der Waals surface area contributed by atoms with Crippen molar-refractivity contribution in [3.8, 4) is 0 Å². The Morgan fingerprint density at radius 3 is 2.04 bits per heavy atom. The van der Waals surface area contributed by atoms with Gasteiger partial charge in [0.1, 0.15) is 6.04 Å². The average Bonchev–Trinajstić information content (AvgIpc) is 2.67. The van der Waals surface area contributed by atoms with Gasteiger partial charge in [-0.15, -0.1) is 0 Å². The lowest BCUT2D eigenvalue weighted by atomic mass is 9.95. The maximum atomic E-state index is 12.7. The summed E-state index contributed by atoms with van der Waals surface area (Å²) in [6.07, 6.45) is 1.42. The van der Waals surface area contributed by atoms with E-state index in [1.165, 1.54) is 12.7 Å². The van der Waals surface area contributed by atoms with Crippen molar-refractivity contribution in [2.75, 3.05) is 7.11 Å². The van der Waals surface area contributed by atoms with Gasteiger partial charge in [0, 0.05) is 6.42 Å². The summed E-state index contributed by atoms with van der Waals surface area (Å²) in [4.78, 5) is 24.8. The van der Waals surface area contributed by atoms with Crippen molar-refractivity contribution in [2.45, 2.75) is 45.6 Å². The molecule has 4 heteroatoms. The molecule has 2 rings (SSSR count). The molecule has 1 amide bonds. The highest BCUT2D eigenvalue weighted by Crippen LogP contribution is 2.18. The molecule has 0 spiro atoms. The van der Waals surface area contributed by atoms with E-state index in [2.05, 4.69) is 31.3 Å². The number of carbonyl (C=O) groups is 2. The predicted molar refractivity (Wildman–Crippen MR) is 107 cm³/mol. The zero-order valence-corrected chi connectivity index (χ0v) is 16.6. The third-order valence-corrected chi connectivity index (χ3v) is 4.60. The first-order chi connectivity index (χ1) is 12.9. The minimum absolute atomic E-state index is 0.182. The molecule has 2 aromatic carbocycles. The van der Waals surface area contributed by atoms with Gasteiger partial charge < -0.3 is 10.1 Å². The smallest absolute Gasteiger partial charge is 0.328 e. The number of methoxy groups -OCH3 is 1. The van der Waals surface area contributed by atoms with Gasteiger partial charge in [0.15, 0.2) is 0 Å². The van der Waals surface area contributed by atoms with Crippen LogP contribution in [0.3, 0.4) is 0 Å². The number of rotatable bonds is 8. The van der Waals surface area contributed by atoms with E-state index in [1.54, 1.807) is 0 Å². The van der Waals surface area contributed by atoms with Crippen LogP contribution < -0.4 is 5.32 Å². The van der Waals surface area contributed by atoms with Gasteiger partial charge >= 0.3 is 5.97 Å². The molecule has 2 aromatic rings. The predicted octanol–water partition coefficient (Wildman–Crippen LogP) is 3.89. The van der Waals surface area contributed by atoms with E-state index in [9.17, 15) is 9.59 Å².